The van der Waals surface area contributed by atoms with Crippen LogP contribution in [-0.2, 0) is 11.8 Å². The number of nitrogens with one attached hydrogen (secondary N) is 1. The highest BCUT2D eigenvalue weighted by Gasteiger charge is 2.20. The van der Waals surface area contributed by atoms with Crippen molar-refractivity contribution in [3.63, 3.8) is 0 Å². The molecule has 0 saturated carbocycles. The zero-order valence-electron chi connectivity index (χ0n) is 14.1. The third-order valence-corrected chi connectivity index (χ3v) is 6.00. The number of carbonyl (C=O) groups is 1. The molecule has 3 rings (SSSR count). The van der Waals surface area contributed by atoms with E-state index in [4.69, 9.17) is 11.6 Å². The summed E-state index contributed by atoms with van der Waals surface area (Å²) in [4.78, 5) is 40.0. The van der Waals surface area contributed by atoms with Crippen molar-refractivity contribution >= 4 is 62.2 Å². The molecule has 0 spiro atoms. The van der Waals surface area contributed by atoms with Crippen molar-refractivity contribution < 1.29 is 9.72 Å². The number of hydrogen-bond acceptors (Lipinski definition) is 7. The fraction of sp³-hybridized carbons (Fsp3) is 0.188. The van der Waals surface area contributed by atoms with Gasteiger partial charge in [-0.25, -0.2) is 4.98 Å². The number of fused-ring (bicyclic) bond motifs is 1. The second-order valence-electron chi connectivity index (χ2n) is 5.57. The number of nitro benzene ring substituents is 1. The normalized spacial score (nSPS) is 12.1. The number of nitro groups is 1. The van der Waals surface area contributed by atoms with Gasteiger partial charge < -0.3 is 5.32 Å². The largest absolute Gasteiger partial charge is 0.324 e. The van der Waals surface area contributed by atoms with Gasteiger partial charge in [0.15, 0.2) is 5.16 Å². The Labute approximate surface area is 166 Å². The highest BCUT2D eigenvalue weighted by Crippen LogP contribution is 2.29. The predicted octanol–water partition coefficient (Wildman–Crippen LogP) is 3.68. The van der Waals surface area contributed by atoms with Crippen molar-refractivity contribution in [2.75, 3.05) is 5.32 Å². The highest BCUT2D eigenvalue weighted by atomic mass is 35.5. The summed E-state index contributed by atoms with van der Waals surface area (Å²) in [5.41, 5.74) is -0.0612. The molecule has 0 saturated heterocycles. The van der Waals surface area contributed by atoms with Crippen LogP contribution >= 0.6 is 34.7 Å². The summed E-state index contributed by atoms with van der Waals surface area (Å²) in [5.74, 6) is -0.365. The number of nitrogens with zero attached hydrogens (tertiary/aromatic N) is 3. The van der Waals surface area contributed by atoms with Gasteiger partial charge in [0.05, 0.1) is 26.3 Å². The van der Waals surface area contributed by atoms with Crippen LogP contribution in [0.25, 0.3) is 10.2 Å². The van der Waals surface area contributed by atoms with E-state index in [2.05, 4.69) is 10.3 Å². The molecule has 1 unspecified atom stereocenters. The van der Waals surface area contributed by atoms with Crippen LogP contribution < -0.4 is 10.9 Å². The molecular formula is C16H13ClN4O4S2. The van der Waals surface area contributed by atoms with Crippen LogP contribution in [0.1, 0.15) is 6.92 Å². The molecule has 27 heavy (non-hydrogen) atoms. The molecule has 11 heteroatoms. The first-order valence-electron chi connectivity index (χ1n) is 7.63. The van der Waals surface area contributed by atoms with Crippen molar-refractivity contribution in [1.82, 2.24) is 9.55 Å². The lowest BCUT2D eigenvalue weighted by molar-refractivity contribution is -0.384. The van der Waals surface area contributed by atoms with Crippen LogP contribution in [0.15, 0.2) is 39.6 Å². The maximum absolute atomic E-state index is 12.5. The van der Waals surface area contributed by atoms with Crippen LogP contribution in [0, 0.1) is 10.1 Å². The van der Waals surface area contributed by atoms with E-state index in [1.54, 1.807) is 25.4 Å². The second kappa shape index (κ2) is 7.67. The number of thioether (sulfide) groups is 1. The lowest BCUT2D eigenvalue weighted by Gasteiger charge is -2.14. The molecule has 8 nitrogen and oxygen atoms in total. The van der Waals surface area contributed by atoms with E-state index >= 15 is 0 Å². The van der Waals surface area contributed by atoms with Gasteiger partial charge in [-0.05, 0) is 24.4 Å². The monoisotopic (exact) mass is 424 g/mol. The van der Waals surface area contributed by atoms with Gasteiger partial charge in [-0.3, -0.25) is 24.3 Å². The summed E-state index contributed by atoms with van der Waals surface area (Å²) >= 11 is 8.50. The number of aromatic nitrogens is 2. The number of benzene rings is 1. The van der Waals surface area contributed by atoms with E-state index in [1.165, 1.54) is 34.1 Å². The third kappa shape index (κ3) is 3.97. The van der Waals surface area contributed by atoms with Crippen LogP contribution in [-0.4, -0.2) is 25.6 Å². The maximum atomic E-state index is 12.5. The Balaban J connectivity index is 1.78. The first kappa shape index (κ1) is 19.3. The number of thiophene rings is 1. The molecular weight excluding hydrogens is 412 g/mol. The molecule has 0 aliphatic heterocycles. The number of halogens is 1. The molecule has 0 bridgehead atoms. The molecule has 0 fully saturated rings. The van der Waals surface area contributed by atoms with Crippen molar-refractivity contribution in [2.45, 2.75) is 17.3 Å². The SMILES string of the molecule is CC(Sc1nc2sccc2c(=O)n1C)C(=O)Nc1ccc([N+](=O)[O-])cc1Cl. The maximum Gasteiger partial charge on any atom is 0.271 e. The molecule has 3 aromatic rings. The lowest BCUT2D eigenvalue weighted by atomic mass is 10.2. The molecule has 0 aliphatic carbocycles. The van der Waals surface area contributed by atoms with Crippen molar-refractivity contribution in [3.05, 3.63) is 55.1 Å². The van der Waals surface area contributed by atoms with Gasteiger partial charge in [-0.1, -0.05) is 23.4 Å². The Bertz CT molecular complexity index is 1110. The Kier molecular flexibility index (Phi) is 5.49. The summed E-state index contributed by atoms with van der Waals surface area (Å²) in [7, 11) is 1.60. The van der Waals surface area contributed by atoms with Gasteiger partial charge in [0.2, 0.25) is 5.91 Å². The highest BCUT2D eigenvalue weighted by molar-refractivity contribution is 8.00. The second-order valence-corrected chi connectivity index (χ2v) is 8.18. The Morgan fingerprint density at radius 3 is 2.85 bits per heavy atom. The molecule has 1 amide bonds. The minimum atomic E-state index is -0.577. The van der Waals surface area contributed by atoms with Gasteiger partial charge in [-0.2, -0.15) is 0 Å². The first-order chi connectivity index (χ1) is 12.8. The van der Waals surface area contributed by atoms with Crippen molar-refractivity contribution in [2.24, 2.45) is 7.05 Å². The van der Waals surface area contributed by atoms with Crippen molar-refractivity contribution in [1.29, 1.82) is 0 Å². The van der Waals surface area contributed by atoms with Crippen molar-refractivity contribution in [3.8, 4) is 0 Å². The summed E-state index contributed by atoms with van der Waals surface area (Å²) in [6, 6.07) is 5.53. The topological polar surface area (TPSA) is 107 Å². The fourth-order valence-corrected chi connectivity index (χ4v) is 4.15. The molecule has 1 atom stereocenters. The molecule has 140 valence electrons. The number of rotatable bonds is 5. The Morgan fingerprint density at radius 1 is 1.44 bits per heavy atom. The fourth-order valence-electron chi connectivity index (χ4n) is 2.25. The Morgan fingerprint density at radius 2 is 2.19 bits per heavy atom. The summed E-state index contributed by atoms with van der Waals surface area (Å²) < 4.78 is 1.41. The first-order valence-corrected chi connectivity index (χ1v) is 9.77. The molecule has 2 aromatic heterocycles. The minimum Gasteiger partial charge on any atom is -0.324 e. The van der Waals surface area contributed by atoms with E-state index in [9.17, 15) is 19.7 Å². The zero-order valence-corrected chi connectivity index (χ0v) is 16.5. The van der Waals surface area contributed by atoms with Gasteiger partial charge in [-0.15, -0.1) is 11.3 Å². The van der Waals surface area contributed by atoms with E-state index in [0.717, 1.165) is 11.8 Å². The van der Waals surface area contributed by atoms with Crippen LogP contribution in [0.3, 0.4) is 0 Å². The van der Waals surface area contributed by atoms with Gasteiger partial charge in [0, 0.05) is 19.2 Å². The molecule has 2 heterocycles. The minimum absolute atomic E-state index is 0.0697. The molecule has 0 aliphatic rings. The molecule has 0 radical (unpaired) electrons. The Hall–Kier alpha value is -2.43. The van der Waals surface area contributed by atoms with Gasteiger partial charge in [0.25, 0.3) is 11.2 Å². The van der Waals surface area contributed by atoms with Gasteiger partial charge in [0.1, 0.15) is 4.83 Å². The van der Waals surface area contributed by atoms with E-state index in [0.29, 0.717) is 15.4 Å². The standard InChI is InChI=1S/C16H13ClN4O4S2/c1-8(13(22)18-12-4-3-9(21(24)25)7-11(12)17)27-16-19-14-10(5-6-26-14)15(23)20(16)2/h3-8H,1-2H3,(H,18,22). The molecule has 1 N–H and O–H groups in total. The predicted molar refractivity (Wildman–Crippen MR) is 107 cm³/mol. The average Bonchev–Trinajstić information content (AvgIpc) is 3.09. The number of amides is 1. The average molecular weight is 425 g/mol. The quantitative estimate of drug-likeness (QED) is 0.290. The summed E-state index contributed by atoms with van der Waals surface area (Å²) in [5, 5.41) is 15.6. The molecule has 1 aromatic carbocycles. The van der Waals surface area contributed by atoms with E-state index in [1.807, 2.05) is 0 Å². The van der Waals surface area contributed by atoms with Gasteiger partial charge >= 0.3 is 0 Å². The number of hydrogen-bond donors (Lipinski definition) is 1. The van der Waals surface area contributed by atoms with E-state index < -0.39 is 10.2 Å². The van der Waals surface area contributed by atoms with Crippen LogP contribution in [0.5, 0.6) is 0 Å². The smallest absolute Gasteiger partial charge is 0.271 e. The summed E-state index contributed by atoms with van der Waals surface area (Å²) in [6.45, 7) is 1.67. The number of anilines is 1. The third-order valence-electron chi connectivity index (χ3n) is 3.74. The lowest BCUT2D eigenvalue weighted by Crippen LogP contribution is -2.25. The summed E-state index contributed by atoms with van der Waals surface area (Å²) in [6.07, 6.45) is 0. The van der Waals surface area contributed by atoms with Crippen LogP contribution in [0.2, 0.25) is 5.02 Å². The zero-order chi connectivity index (χ0) is 19.7. The van der Waals surface area contributed by atoms with Crippen LogP contribution in [0.4, 0.5) is 11.4 Å². The van der Waals surface area contributed by atoms with E-state index in [-0.39, 0.29) is 27.9 Å². The number of carbonyl (C=O) groups excluding carboxylic acids is 1. The number of non-ortho nitro benzene ring substituents is 1.